The zero-order chi connectivity index (χ0) is 14.6. The van der Waals surface area contributed by atoms with Gasteiger partial charge in [0.25, 0.3) is 0 Å². The van der Waals surface area contributed by atoms with Gasteiger partial charge in [-0.2, -0.15) is 0 Å². The highest BCUT2D eigenvalue weighted by molar-refractivity contribution is 5.89. The first-order valence-corrected chi connectivity index (χ1v) is 7.50. The summed E-state index contributed by atoms with van der Waals surface area (Å²) in [5.41, 5.74) is 7.67. The fourth-order valence-electron chi connectivity index (χ4n) is 2.73. The van der Waals surface area contributed by atoms with Crippen LogP contribution in [0.5, 0.6) is 0 Å². The van der Waals surface area contributed by atoms with Crippen LogP contribution in [-0.4, -0.2) is 18.6 Å². The van der Waals surface area contributed by atoms with E-state index in [0.29, 0.717) is 17.5 Å². The molecule has 0 aromatic heterocycles. The molecule has 1 fully saturated rings. The molecule has 3 nitrogen and oxygen atoms in total. The van der Waals surface area contributed by atoms with E-state index in [-0.39, 0.29) is 12.1 Å². The Hall–Kier alpha value is -1.35. The molecule has 2 rings (SSSR count). The summed E-state index contributed by atoms with van der Waals surface area (Å²) in [6, 6.07) is 7.59. The highest BCUT2D eigenvalue weighted by Crippen LogP contribution is 2.36. The third-order valence-corrected chi connectivity index (χ3v) is 4.16. The fraction of sp³-hybridized carbons (Fsp3) is 0.588. The molecule has 0 atom stereocenters. The maximum absolute atomic E-state index is 12.2. The third-order valence-electron chi connectivity index (χ3n) is 4.16. The van der Waals surface area contributed by atoms with Gasteiger partial charge in [-0.1, -0.05) is 26.0 Å². The molecule has 20 heavy (non-hydrogen) atoms. The van der Waals surface area contributed by atoms with Gasteiger partial charge in [0.1, 0.15) is 6.10 Å². The maximum Gasteiger partial charge on any atom is 0.338 e. The van der Waals surface area contributed by atoms with Crippen LogP contribution in [0.25, 0.3) is 0 Å². The number of rotatable bonds is 4. The summed E-state index contributed by atoms with van der Waals surface area (Å²) in [4.78, 5) is 12.2. The van der Waals surface area contributed by atoms with Crippen LogP contribution in [0.1, 0.15) is 55.5 Å². The molecule has 3 heteroatoms. The predicted molar refractivity (Wildman–Crippen MR) is 80.7 cm³/mol. The summed E-state index contributed by atoms with van der Waals surface area (Å²) >= 11 is 0. The minimum absolute atomic E-state index is 0.0775. The average molecular weight is 275 g/mol. The molecule has 1 aliphatic carbocycles. The first-order valence-electron chi connectivity index (χ1n) is 7.50. The van der Waals surface area contributed by atoms with Crippen LogP contribution >= 0.6 is 0 Å². The quantitative estimate of drug-likeness (QED) is 0.858. The Balaban J connectivity index is 1.93. The molecule has 2 N–H and O–H groups in total. The highest BCUT2D eigenvalue weighted by atomic mass is 16.5. The number of benzene rings is 1. The monoisotopic (exact) mass is 275 g/mol. The lowest BCUT2D eigenvalue weighted by Gasteiger charge is -2.33. The molecule has 0 spiro atoms. The Morgan fingerprint density at radius 2 is 2.05 bits per heavy atom. The summed E-state index contributed by atoms with van der Waals surface area (Å²) in [7, 11) is 0. The molecule has 1 saturated carbocycles. The molecule has 0 bridgehead atoms. The largest absolute Gasteiger partial charge is 0.459 e. The van der Waals surface area contributed by atoms with Gasteiger partial charge in [0.2, 0.25) is 0 Å². The Morgan fingerprint density at radius 3 is 2.70 bits per heavy atom. The molecular weight excluding hydrogens is 250 g/mol. The van der Waals surface area contributed by atoms with Gasteiger partial charge in [-0.25, -0.2) is 4.79 Å². The second kappa shape index (κ2) is 6.40. The van der Waals surface area contributed by atoms with E-state index in [4.69, 9.17) is 10.5 Å². The van der Waals surface area contributed by atoms with Crippen LogP contribution in [0.15, 0.2) is 24.3 Å². The van der Waals surface area contributed by atoms with Crippen LogP contribution in [-0.2, 0) is 11.2 Å². The van der Waals surface area contributed by atoms with E-state index in [1.165, 1.54) is 0 Å². The van der Waals surface area contributed by atoms with Gasteiger partial charge in [-0.3, -0.25) is 0 Å². The van der Waals surface area contributed by atoms with Gasteiger partial charge in [-0.15, -0.1) is 0 Å². The van der Waals surface area contributed by atoms with Gasteiger partial charge < -0.3 is 10.5 Å². The van der Waals surface area contributed by atoms with Gasteiger partial charge in [0.15, 0.2) is 0 Å². The van der Waals surface area contributed by atoms with Crippen molar-refractivity contribution >= 4 is 5.97 Å². The number of esters is 1. The van der Waals surface area contributed by atoms with Crippen molar-refractivity contribution in [1.82, 2.24) is 0 Å². The van der Waals surface area contributed by atoms with Gasteiger partial charge in [0, 0.05) is 0 Å². The molecule has 1 aromatic carbocycles. The molecule has 0 amide bonds. The van der Waals surface area contributed by atoms with Crippen LogP contribution in [0.4, 0.5) is 0 Å². The molecular formula is C17H25NO2. The van der Waals surface area contributed by atoms with Crippen molar-refractivity contribution in [2.24, 2.45) is 11.1 Å². The van der Waals surface area contributed by atoms with Gasteiger partial charge >= 0.3 is 5.97 Å². The Kier molecular flexibility index (Phi) is 4.81. The Morgan fingerprint density at radius 1 is 1.35 bits per heavy atom. The van der Waals surface area contributed by atoms with Gasteiger partial charge in [-0.05, 0) is 61.8 Å². The van der Waals surface area contributed by atoms with Gasteiger partial charge in [0.05, 0.1) is 5.56 Å². The minimum Gasteiger partial charge on any atom is -0.459 e. The van der Waals surface area contributed by atoms with E-state index in [1.807, 2.05) is 24.3 Å². The zero-order valence-electron chi connectivity index (χ0n) is 12.5. The summed E-state index contributed by atoms with van der Waals surface area (Å²) in [6.07, 6.45) is 5.06. The zero-order valence-corrected chi connectivity index (χ0v) is 12.5. The lowest BCUT2D eigenvalue weighted by molar-refractivity contribution is 0.00950. The van der Waals surface area contributed by atoms with E-state index in [0.717, 1.165) is 37.7 Å². The van der Waals surface area contributed by atoms with Crippen LogP contribution in [0.2, 0.25) is 0 Å². The number of carbonyl (C=O) groups is 1. The van der Waals surface area contributed by atoms with Crippen molar-refractivity contribution in [1.29, 1.82) is 0 Å². The normalized spacial score (nSPS) is 18.8. The van der Waals surface area contributed by atoms with E-state index in [1.54, 1.807) is 0 Å². The highest BCUT2D eigenvalue weighted by Gasteiger charge is 2.28. The van der Waals surface area contributed by atoms with Crippen LogP contribution in [0, 0.1) is 5.41 Å². The molecule has 0 heterocycles. The second-order valence-corrected chi connectivity index (χ2v) is 6.51. The lowest BCUT2D eigenvalue weighted by Crippen LogP contribution is -2.28. The summed E-state index contributed by atoms with van der Waals surface area (Å²) in [5, 5.41) is 0. The number of hydrogen-bond acceptors (Lipinski definition) is 3. The van der Waals surface area contributed by atoms with E-state index in [2.05, 4.69) is 13.8 Å². The van der Waals surface area contributed by atoms with E-state index >= 15 is 0 Å². The standard InChI is InChI=1S/C17H25NO2/c1-17(2)9-6-15(7-10-17)20-16(19)14-5-3-4-13(12-14)8-11-18/h3-5,12,15H,6-11,18H2,1-2H3. The second-order valence-electron chi connectivity index (χ2n) is 6.51. The summed E-state index contributed by atoms with van der Waals surface area (Å²) in [5.74, 6) is -0.200. The summed E-state index contributed by atoms with van der Waals surface area (Å²) in [6.45, 7) is 5.15. The first kappa shape index (κ1) is 15.0. The fourth-order valence-corrected chi connectivity index (χ4v) is 2.73. The molecule has 110 valence electrons. The number of nitrogens with two attached hydrogens (primary N) is 1. The van der Waals surface area contributed by atoms with Crippen molar-refractivity contribution in [3.8, 4) is 0 Å². The van der Waals surface area contributed by atoms with E-state index in [9.17, 15) is 4.79 Å². The van der Waals surface area contributed by atoms with Crippen molar-refractivity contribution in [2.45, 2.75) is 52.1 Å². The summed E-state index contributed by atoms with van der Waals surface area (Å²) < 4.78 is 5.63. The Bertz CT molecular complexity index is 458. The van der Waals surface area contributed by atoms with Crippen molar-refractivity contribution < 1.29 is 9.53 Å². The maximum atomic E-state index is 12.2. The molecule has 0 saturated heterocycles. The third kappa shape index (κ3) is 4.07. The molecule has 0 radical (unpaired) electrons. The van der Waals surface area contributed by atoms with Crippen molar-refractivity contribution in [3.63, 3.8) is 0 Å². The lowest BCUT2D eigenvalue weighted by atomic mass is 9.76. The topological polar surface area (TPSA) is 52.3 Å². The SMILES string of the molecule is CC1(C)CCC(OC(=O)c2cccc(CCN)c2)CC1. The van der Waals surface area contributed by atoms with Crippen molar-refractivity contribution in [3.05, 3.63) is 35.4 Å². The number of carbonyl (C=O) groups excluding carboxylic acids is 1. The Labute approximate surface area is 121 Å². The van der Waals surface area contributed by atoms with E-state index < -0.39 is 0 Å². The molecule has 0 aliphatic heterocycles. The number of ether oxygens (including phenoxy) is 1. The smallest absolute Gasteiger partial charge is 0.338 e. The number of hydrogen-bond donors (Lipinski definition) is 1. The van der Waals surface area contributed by atoms with Crippen LogP contribution in [0.3, 0.4) is 0 Å². The average Bonchev–Trinajstić information content (AvgIpc) is 2.42. The minimum atomic E-state index is -0.200. The van der Waals surface area contributed by atoms with Crippen LogP contribution < -0.4 is 5.73 Å². The molecule has 1 aromatic rings. The molecule has 1 aliphatic rings. The predicted octanol–water partition coefficient (Wildman–Crippen LogP) is 3.31. The van der Waals surface area contributed by atoms with Crippen molar-refractivity contribution in [2.75, 3.05) is 6.54 Å². The first-order chi connectivity index (χ1) is 9.50. The molecule has 0 unspecified atom stereocenters.